The quantitative estimate of drug-likeness (QED) is 0.307. The summed E-state index contributed by atoms with van der Waals surface area (Å²) in [6.45, 7) is 3.67. The summed E-state index contributed by atoms with van der Waals surface area (Å²) in [5.41, 5.74) is 1.66. The molecule has 0 amide bonds. The number of aromatic hydroxyl groups is 1. The lowest BCUT2D eigenvalue weighted by molar-refractivity contribution is -0.437. The van der Waals surface area contributed by atoms with Crippen molar-refractivity contribution in [1.29, 1.82) is 0 Å². The summed E-state index contributed by atoms with van der Waals surface area (Å²) in [5.74, 6) is -0.818. The van der Waals surface area contributed by atoms with Crippen molar-refractivity contribution in [3.05, 3.63) is 64.0 Å². The second kappa shape index (κ2) is 10.1. The number of hydrogen-bond donors (Lipinski definition) is 1. The highest BCUT2D eigenvalue weighted by molar-refractivity contribution is 7.86. The molecule has 2 aromatic carbocycles. The van der Waals surface area contributed by atoms with E-state index in [9.17, 15) is 35.8 Å². The zero-order valence-corrected chi connectivity index (χ0v) is 24.3. The summed E-state index contributed by atoms with van der Waals surface area (Å²) in [5, 5.41) is 11.5. The van der Waals surface area contributed by atoms with E-state index in [1.54, 1.807) is 43.7 Å². The van der Waals surface area contributed by atoms with Crippen LogP contribution in [-0.4, -0.2) is 72.3 Å². The largest absolute Gasteiger partial charge is 0.748 e. The van der Waals surface area contributed by atoms with E-state index < -0.39 is 41.9 Å². The van der Waals surface area contributed by atoms with Crippen LogP contribution in [0.1, 0.15) is 31.4 Å². The number of rotatable bonds is 8. The Morgan fingerprint density at radius 3 is 2.33 bits per heavy atom. The van der Waals surface area contributed by atoms with E-state index >= 15 is 0 Å². The minimum Gasteiger partial charge on any atom is -0.748 e. The molecule has 0 saturated carbocycles. The van der Waals surface area contributed by atoms with Gasteiger partial charge < -0.3 is 23.7 Å². The van der Waals surface area contributed by atoms with Crippen LogP contribution < -0.4 is 10.5 Å². The van der Waals surface area contributed by atoms with E-state index in [2.05, 4.69) is 0 Å². The number of fused-ring (bicyclic) bond motifs is 2. The zero-order valence-electron chi connectivity index (χ0n) is 22.7. The molecule has 0 bridgehead atoms. The first-order valence-corrected chi connectivity index (χ1v) is 15.3. The fourth-order valence-corrected chi connectivity index (χ4v) is 6.05. The molecule has 11 nitrogen and oxygen atoms in total. The van der Waals surface area contributed by atoms with Gasteiger partial charge in [-0.15, -0.1) is 0 Å². The molecule has 13 heteroatoms. The van der Waals surface area contributed by atoms with Crippen LogP contribution in [0.2, 0.25) is 0 Å². The molecule has 214 valence electrons. The summed E-state index contributed by atoms with van der Waals surface area (Å²) in [6.07, 6.45) is 3.05. The van der Waals surface area contributed by atoms with E-state index in [0.29, 0.717) is 27.9 Å². The number of pyridine rings is 1. The van der Waals surface area contributed by atoms with Crippen LogP contribution in [0.15, 0.2) is 52.2 Å². The van der Waals surface area contributed by atoms with Gasteiger partial charge in [0.05, 0.1) is 31.5 Å². The number of allylic oxidation sites excluding steroid dienone is 1. The molecule has 0 aliphatic carbocycles. The molecular formula is C27H30N3O8S2-. The van der Waals surface area contributed by atoms with Crippen LogP contribution >= 0.6 is 0 Å². The van der Waals surface area contributed by atoms with Gasteiger partial charge in [0.2, 0.25) is 5.69 Å². The summed E-state index contributed by atoms with van der Waals surface area (Å²) >= 11 is 0. The number of nitrogens with zero attached hydrogens (tertiary/aromatic N) is 3. The first-order valence-electron chi connectivity index (χ1n) is 12.3. The minimum absolute atomic E-state index is 0.0164. The number of aryl methyl sites for hydroxylation is 1. The van der Waals surface area contributed by atoms with Gasteiger partial charge in [-0.3, -0.25) is 4.79 Å². The van der Waals surface area contributed by atoms with E-state index in [4.69, 9.17) is 0 Å². The van der Waals surface area contributed by atoms with E-state index in [1.807, 2.05) is 25.1 Å². The number of benzene rings is 2. The molecule has 1 aromatic heterocycles. The van der Waals surface area contributed by atoms with Gasteiger partial charge >= 0.3 is 0 Å². The lowest BCUT2D eigenvalue weighted by atomic mass is 9.81. The second-order valence-electron chi connectivity index (χ2n) is 10.5. The second-order valence-corrected chi connectivity index (χ2v) is 13.4. The Labute approximate surface area is 232 Å². The van der Waals surface area contributed by atoms with Gasteiger partial charge in [0.1, 0.15) is 22.4 Å². The monoisotopic (exact) mass is 588 g/mol. The van der Waals surface area contributed by atoms with Crippen molar-refractivity contribution in [3.63, 3.8) is 0 Å². The summed E-state index contributed by atoms with van der Waals surface area (Å²) in [4.78, 5) is 14.8. The maximum absolute atomic E-state index is 13.3. The van der Waals surface area contributed by atoms with Crippen molar-refractivity contribution in [2.45, 2.75) is 30.6 Å². The molecule has 0 spiro atoms. The third kappa shape index (κ3) is 5.42. The number of anilines is 1. The van der Waals surface area contributed by atoms with Crippen LogP contribution in [0.3, 0.4) is 0 Å². The molecule has 0 radical (unpaired) electrons. The highest BCUT2D eigenvalue weighted by atomic mass is 32.2. The summed E-state index contributed by atoms with van der Waals surface area (Å²) in [7, 11) is -3.89. The Morgan fingerprint density at radius 2 is 1.73 bits per heavy atom. The molecule has 0 unspecified atom stereocenters. The number of aromatic nitrogens is 1. The van der Waals surface area contributed by atoms with Crippen molar-refractivity contribution in [2.75, 3.05) is 31.3 Å². The molecule has 0 saturated heterocycles. The maximum atomic E-state index is 13.3. The molecule has 40 heavy (non-hydrogen) atoms. The Bertz CT molecular complexity index is 1870. The topological polar surface area (TPSA) is 163 Å². The summed E-state index contributed by atoms with van der Waals surface area (Å²) in [6, 6.07) is 9.25. The highest BCUT2D eigenvalue weighted by Gasteiger charge is 2.44. The van der Waals surface area contributed by atoms with Crippen LogP contribution in [0.4, 0.5) is 11.4 Å². The smallest absolute Gasteiger partial charge is 0.261 e. The Morgan fingerprint density at radius 1 is 1.05 bits per heavy atom. The molecule has 1 N–H and O–H groups in total. The average Bonchev–Trinajstić information content (AvgIpc) is 3.06. The lowest BCUT2D eigenvalue weighted by Crippen LogP contribution is -2.28. The molecule has 1 aliphatic heterocycles. The van der Waals surface area contributed by atoms with Gasteiger partial charge in [-0.25, -0.2) is 16.8 Å². The van der Waals surface area contributed by atoms with Gasteiger partial charge in [0.15, 0.2) is 5.71 Å². The Hall–Kier alpha value is -3.52. The van der Waals surface area contributed by atoms with Crippen molar-refractivity contribution in [2.24, 2.45) is 7.05 Å². The van der Waals surface area contributed by atoms with Crippen molar-refractivity contribution < 1.29 is 35.6 Å². The number of hydrogen-bond acceptors (Lipinski definition) is 9. The molecule has 0 atom stereocenters. The van der Waals surface area contributed by atoms with Gasteiger partial charge in [-0.2, -0.15) is 4.58 Å². The molecule has 1 aliphatic rings. The third-order valence-electron chi connectivity index (χ3n) is 7.24. The predicted octanol–water partition coefficient (Wildman–Crippen LogP) is 2.24. The normalized spacial score (nSPS) is 15.3. The van der Waals surface area contributed by atoms with Gasteiger partial charge in [0.25, 0.3) is 5.56 Å². The third-order valence-corrected chi connectivity index (χ3v) is 8.86. The van der Waals surface area contributed by atoms with E-state index in [1.165, 1.54) is 28.8 Å². The van der Waals surface area contributed by atoms with Crippen LogP contribution in [0, 0.1) is 0 Å². The highest BCUT2D eigenvalue weighted by Crippen LogP contribution is 2.41. The fraction of sp³-hybridized carbons (Fsp3) is 0.333. The van der Waals surface area contributed by atoms with Crippen LogP contribution in [-0.2, 0) is 32.7 Å². The first-order chi connectivity index (χ1) is 18.4. The van der Waals surface area contributed by atoms with Crippen LogP contribution in [0.5, 0.6) is 5.75 Å². The Balaban J connectivity index is 1.88. The molecule has 0 fully saturated rings. The van der Waals surface area contributed by atoms with Gasteiger partial charge in [-0.1, -0.05) is 0 Å². The SMILES string of the molecule is CN(C)c1ccc2c(O)c(/C=C/C3=[N+](CCCS(=O)(=O)[O-])c4ccc(S(=O)(=O)[O-])cc4C3(C)C)c(=O)n(C)c2c1. The molecule has 3 aromatic rings. The first kappa shape index (κ1) is 29.5. The maximum Gasteiger partial charge on any atom is 0.261 e. The van der Waals surface area contributed by atoms with E-state index in [-0.39, 0.29) is 24.3 Å². The van der Waals surface area contributed by atoms with Crippen molar-refractivity contribution >= 4 is 54.3 Å². The molecule has 4 rings (SSSR count). The average molecular weight is 589 g/mol. The van der Waals surface area contributed by atoms with Crippen molar-refractivity contribution in [3.8, 4) is 5.75 Å². The standard InChI is InChI=1S/C27H31N3O8S2/c1-27(2)21-16-18(40(36,37)38)8-11-22(21)30(13-6-14-39(33,34)35)24(27)12-10-20-25(31)19-9-7-17(28(3)4)15-23(19)29(5)26(20)32/h7-12,15-16H,6,13-14H2,1-5H3,(H2,33,34,35,36,37,38)/p-1. The molecular weight excluding hydrogens is 558 g/mol. The fourth-order valence-electron chi connectivity index (χ4n) is 5.08. The zero-order chi connectivity index (χ0) is 29.8. The lowest BCUT2D eigenvalue weighted by Gasteiger charge is -2.17. The van der Waals surface area contributed by atoms with Crippen LogP contribution in [0.25, 0.3) is 17.0 Å². The molecule has 2 heterocycles. The van der Waals surface area contributed by atoms with Gasteiger partial charge in [0, 0.05) is 62.1 Å². The van der Waals surface area contributed by atoms with E-state index in [0.717, 1.165) is 5.69 Å². The summed E-state index contributed by atoms with van der Waals surface area (Å²) < 4.78 is 72.0. The van der Waals surface area contributed by atoms with Gasteiger partial charge in [-0.05, 0) is 50.3 Å². The Kier molecular flexibility index (Phi) is 7.47. The van der Waals surface area contributed by atoms with Crippen molar-refractivity contribution in [1.82, 2.24) is 4.57 Å². The predicted molar refractivity (Wildman–Crippen MR) is 151 cm³/mol. The minimum atomic E-state index is -4.74.